The fraction of sp³-hybridized carbons (Fsp3) is 0.348. The van der Waals surface area contributed by atoms with Gasteiger partial charge in [0.15, 0.2) is 0 Å². The van der Waals surface area contributed by atoms with Crippen LogP contribution in [0, 0.1) is 29.2 Å². The molecule has 0 atom stereocenters. The van der Waals surface area contributed by atoms with Gasteiger partial charge < -0.3 is 13.7 Å². The minimum atomic E-state index is 0.282. The molecule has 0 aliphatic heterocycles. The second-order valence-corrected chi connectivity index (χ2v) is 21.2. The molecule has 0 radical (unpaired) electrons. The second kappa shape index (κ2) is 22.5. The van der Waals surface area contributed by atoms with Gasteiger partial charge in [-0.1, -0.05) is 116 Å². The lowest BCUT2D eigenvalue weighted by molar-refractivity contribution is 0.795. The lowest BCUT2D eigenvalue weighted by Crippen LogP contribution is -2.12. The lowest BCUT2D eigenvalue weighted by Gasteiger charge is -2.23. The summed E-state index contributed by atoms with van der Waals surface area (Å²) in [6.07, 6.45) is 19.0. The largest absolute Gasteiger partial charge is 0.318 e. The number of aromatic nitrogens is 3. The molecule has 6 heteroatoms. The predicted molar refractivity (Wildman–Crippen MR) is 317 cm³/mol. The minimum Gasteiger partial charge on any atom is -0.318 e. The molecule has 0 amide bonds. The summed E-state index contributed by atoms with van der Waals surface area (Å²) in [6.45, 7) is 22.9. The van der Waals surface area contributed by atoms with Crippen molar-refractivity contribution in [3.05, 3.63) is 165 Å². The molecule has 378 valence electrons. The molecule has 6 nitrogen and oxygen atoms in total. The van der Waals surface area contributed by atoms with E-state index < -0.39 is 0 Å². The van der Waals surface area contributed by atoms with Gasteiger partial charge in [-0.25, -0.2) is 4.85 Å². The van der Waals surface area contributed by atoms with Crippen molar-refractivity contribution in [1.29, 1.82) is 10.5 Å². The van der Waals surface area contributed by atoms with Gasteiger partial charge in [-0.2, -0.15) is 10.5 Å². The molecule has 7 aromatic carbocycles. The molecule has 0 saturated heterocycles. The van der Waals surface area contributed by atoms with Crippen LogP contribution < -0.4 is 0 Å². The summed E-state index contributed by atoms with van der Waals surface area (Å²) in [5, 5.41) is 31.0. The normalized spacial score (nSPS) is 11.7. The van der Waals surface area contributed by atoms with Crippen molar-refractivity contribution in [3.8, 4) is 29.2 Å². The van der Waals surface area contributed by atoms with Gasteiger partial charge in [0, 0.05) is 32.3 Å². The zero-order valence-corrected chi connectivity index (χ0v) is 45.3. The van der Waals surface area contributed by atoms with Crippen molar-refractivity contribution < 1.29 is 0 Å². The first-order chi connectivity index (χ1) is 36.8. The monoisotopic (exact) mass is 985 g/mol. The first kappa shape index (κ1) is 50.9. The highest BCUT2D eigenvalue weighted by Gasteiger charge is 2.33. The lowest BCUT2D eigenvalue weighted by atomic mass is 9.99. The van der Waals surface area contributed by atoms with E-state index >= 15 is 0 Å². The number of hydrogen-bond donors (Lipinski definition) is 0. The van der Waals surface area contributed by atoms with Crippen LogP contribution in [0.4, 0.5) is 5.69 Å². The molecule has 0 aliphatic carbocycles. The third kappa shape index (κ3) is 9.27. The number of rotatable bonds is 21. The van der Waals surface area contributed by atoms with Crippen LogP contribution in [0.3, 0.4) is 0 Å². The van der Waals surface area contributed by atoms with Crippen molar-refractivity contribution in [1.82, 2.24) is 13.7 Å². The van der Waals surface area contributed by atoms with Crippen molar-refractivity contribution >= 4 is 71.1 Å². The minimum absolute atomic E-state index is 0.282. The highest BCUT2D eigenvalue weighted by atomic mass is 15.1. The maximum absolute atomic E-state index is 12.2. The predicted octanol–water partition coefficient (Wildman–Crippen LogP) is 19.3. The van der Waals surface area contributed by atoms with E-state index in [1.54, 1.807) is 0 Å². The SMILES string of the molecule is [C-]#[N+]c1c(-n2c3ccc(CCCC)cc3c3cc(CCCC)ccc32)c(C#N)c(-n2c3ccc(CCCC)cc3c3cc(CCCC)ccc32)c(C#N)c1-n1c2ccc(CCCC)cc2c2cc(CCCC)ccc21. The molecule has 10 rings (SSSR count). The molecule has 3 aromatic heterocycles. The molecule has 3 heterocycles. The number of nitrogens with zero attached hydrogens (tertiary/aromatic N) is 6. The summed E-state index contributed by atoms with van der Waals surface area (Å²) in [4.78, 5) is 4.58. The Kier molecular flexibility index (Phi) is 15.3. The van der Waals surface area contributed by atoms with Crippen LogP contribution in [-0.2, 0) is 38.5 Å². The fourth-order valence-electron chi connectivity index (χ4n) is 12.0. The summed E-state index contributed by atoms with van der Waals surface area (Å²) in [7, 11) is 0. The summed E-state index contributed by atoms with van der Waals surface area (Å²) >= 11 is 0. The Morgan fingerprint density at radius 1 is 0.347 bits per heavy atom. The maximum atomic E-state index is 12.2. The highest BCUT2D eigenvalue weighted by molar-refractivity contribution is 6.15. The topological polar surface area (TPSA) is 66.7 Å². The van der Waals surface area contributed by atoms with Gasteiger partial charge in [-0.15, -0.1) is 0 Å². The number of benzene rings is 7. The Labute approximate surface area is 444 Å². The summed E-state index contributed by atoms with van der Waals surface area (Å²) in [5.74, 6) is 0. The maximum Gasteiger partial charge on any atom is 0.236 e. The van der Waals surface area contributed by atoms with E-state index in [1.165, 1.54) is 33.4 Å². The Balaban J connectivity index is 1.42. The molecule has 0 saturated carbocycles. The third-order valence-corrected chi connectivity index (χ3v) is 16.0. The molecule has 0 fully saturated rings. The van der Waals surface area contributed by atoms with E-state index in [9.17, 15) is 17.1 Å². The first-order valence-electron chi connectivity index (χ1n) is 28.4. The van der Waals surface area contributed by atoms with Crippen molar-refractivity contribution in [2.24, 2.45) is 0 Å². The van der Waals surface area contributed by atoms with E-state index in [4.69, 9.17) is 0 Å². The van der Waals surface area contributed by atoms with Crippen LogP contribution in [0.25, 0.3) is 87.3 Å². The highest BCUT2D eigenvalue weighted by Crippen LogP contribution is 2.49. The zero-order chi connectivity index (χ0) is 52.2. The van der Waals surface area contributed by atoms with Gasteiger partial charge in [0.25, 0.3) is 0 Å². The molecule has 0 bridgehead atoms. The van der Waals surface area contributed by atoms with E-state index in [0.717, 1.165) is 181 Å². The van der Waals surface area contributed by atoms with Crippen LogP contribution >= 0.6 is 0 Å². The first-order valence-corrected chi connectivity index (χ1v) is 28.4. The van der Waals surface area contributed by atoms with Gasteiger partial charge in [0.2, 0.25) is 5.69 Å². The molecular weight excluding hydrogens is 913 g/mol. The standard InChI is InChI=1S/C69H72N6/c1-8-14-20-46-26-32-60-52(38-46)53-39-47(21-15-9-2)27-33-61(53)73(60)67-58(44-70)68(74-62-34-28-48(22-16-10-3)40-54(62)55-41-49(23-17-11-4)29-35-63(55)74)66(72-7)69(59(67)45-71)75-64-36-30-50(24-18-12-5)42-56(64)57-43-51(25-19-13-6)31-37-65(57)75/h26-43H,8-25H2,1-6H3. The van der Waals surface area contributed by atoms with Crippen LogP contribution in [0.1, 0.15) is 163 Å². The number of nitriles is 2. The van der Waals surface area contributed by atoms with Gasteiger partial charge in [0.1, 0.15) is 12.1 Å². The van der Waals surface area contributed by atoms with Gasteiger partial charge in [-0.3, -0.25) is 0 Å². The van der Waals surface area contributed by atoms with E-state index in [2.05, 4.69) is 181 Å². The van der Waals surface area contributed by atoms with E-state index in [0.29, 0.717) is 28.2 Å². The number of fused-ring (bicyclic) bond motifs is 9. The van der Waals surface area contributed by atoms with Gasteiger partial charge >= 0.3 is 0 Å². The van der Waals surface area contributed by atoms with Crippen LogP contribution in [0.2, 0.25) is 0 Å². The van der Waals surface area contributed by atoms with Crippen molar-refractivity contribution in [3.63, 3.8) is 0 Å². The average Bonchev–Trinajstić information content (AvgIpc) is 4.07. The Hall–Kier alpha value is -7.59. The second-order valence-electron chi connectivity index (χ2n) is 21.2. The molecule has 0 spiro atoms. The quantitative estimate of drug-likeness (QED) is 0.0673. The summed E-state index contributed by atoms with van der Waals surface area (Å²) < 4.78 is 6.61. The molecule has 0 unspecified atom stereocenters. The number of aryl methyl sites for hydroxylation is 6. The fourth-order valence-corrected chi connectivity index (χ4v) is 12.0. The van der Waals surface area contributed by atoms with E-state index in [-0.39, 0.29) is 5.69 Å². The van der Waals surface area contributed by atoms with Gasteiger partial charge in [0.05, 0.1) is 67.9 Å². The van der Waals surface area contributed by atoms with Crippen molar-refractivity contribution in [2.75, 3.05) is 0 Å². The number of unbranched alkanes of at least 4 members (excludes halogenated alkanes) is 6. The molecule has 10 aromatic rings. The molecule has 75 heavy (non-hydrogen) atoms. The van der Waals surface area contributed by atoms with Crippen LogP contribution in [0.15, 0.2) is 109 Å². The van der Waals surface area contributed by atoms with Gasteiger partial charge in [-0.05, 0) is 183 Å². The van der Waals surface area contributed by atoms with Crippen molar-refractivity contribution in [2.45, 2.75) is 157 Å². The van der Waals surface area contributed by atoms with E-state index in [1.807, 2.05) is 0 Å². The molecular formula is C69H72N6. The Morgan fingerprint density at radius 2 is 0.560 bits per heavy atom. The third-order valence-electron chi connectivity index (χ3n) is 16.0. The van der Waals surface area contributed by atoms with Crippen LogP contribution in [0.5, 0.6) is 0 Å². The molecule has 0 aliphatic rings. The molecule has 0 N–H and O–H groups in total. The average molecular weight is 985 g/mol. The Bertz CT molecular complexity index is 3280. The summed E-state index contributed by atoms with van der Waals surface area (Å²) in [6, 6.07) is 46.3. The summed E-state index contributed by atoms with van der Waals surface area (Å²) in [5.41, 5.74) is 15.7. The smallest absolute Gasteiger partial charge is 0.236 e. The Morgan fingerprint density at radius 3 is 0.747 bits per heavy atom. The zero-order valence-electron chi connectivity index (χ0n) is 45.3. The number of hydrogen-bond acceptors (Lipinski definition) is 2. The van der Waals surface area contributed by atoms with Crippen LogP contribution in [-0.4, -0.2) is 13.7 Å².